The molecule has 1 aromatic heterocycles. The molecule has 0 bridgehead atoms. The van der Waals surface area contributed by atoms with Crippen molar-refractivity contribution in [1.29, 1.82) is 0 Å². The molecule has 1 aromatic carbocycles. The largest absolute Gasteiger partial charge is 0.478 e. The first kappa shape index (κ1) is 10.5. The Labute approximate surface area is 93.4 Å². The minimum Gasteiger partial charge on any atom is -0.478 e. The maximum absolute atomic E-state index is 10.7. The molecule has 3 heteroatoms. The van der Waals surface area contributed by atoms with Gasteiger partial charge in [-0.25, -0.2) is 4.79 Å². The van der Waals surface area contributed by atoms with Crippen molar-refractivity contribution in [2.45, 2.75) is 13.8 Å². The molecular weight excluding hydrogens is 202 g/mol. The smallest absolute Gasteiger partial charge is 0.331 e. The number of hydrogen-bond acceptors (Lipinski definition) is 1. The number of benzene rings is 1. The van der Waals surface area contributed by atoms with E-state index in [-0.39, 0.29) is 0 Å². The second-order valence-electron chi connectivity index (χ2n) is 3.93. The van der Waals surface area contributed by atoms with Gasteiger partial charge < -0.3 is 10.1 Å². The maximum Gasteiger partial charge on any atom is 0.331 e. The van der Waals surface area contributed by atoms with E-state index in [2.05, 4.69) is 4.98 Å². The van der Waals surface area contributed by atoms with Crippen LogP contribution in [0.1, 0.15) is 18.1 Å². The third-order valence-corrected chi connectivity index (χ3v) is 2.58. The van der Waals surface area contributed by atoms with E-state index < -0.39 is 5.97 Å². The quantitative estimate of drug-likeness (QED) is 0.757. The summed E-state index contributed by atoms with van der Waals surface area (Å²) in [5.74, 6) is -0.888. The summed E-state index contributed by atoms with van der Waals surface area (Å²) in [6.07, 6.45) is 3.51. The highest BCUT2D eigenvalue weighted by molar-refractivity contribution is 5.96. The van der Waals surface area contributed by atoms with E-state index in [0.717, 1.165) is 16.5 Å². The molecule has 0 spiro atoms. The summed E-state index contributed by atoms with van der Waals surface area (Å²) < 4.78 is 0. The van der Waals surface area contributed by atoms with Crippen molar-refractivity contribution < 1.29 is 9.90 Å². The number of aryl methyl sites for hydroxylation is 1. The van der Waals surface area contributed by atoms with Crippen LogP contribution < -0.4 is 0 Å². The van der Waals surface area contributed by atoms with Crippen molar-refractivity contribution in [2.24, 2.45) is 0 Å². The Bertz CT molecular complexity index is 579. The van der Waals surface area contributed by atoms with Gasteiger partial charge in [0, 0.05) is 28.2 Å². The van der Waals surface area contributed by atoms with Crippen LogP contribution in [0, 0.1) is 6.92 Å². The summed E-state index contributed by atoms with van der Waals surface area (Å²) >= 11 is 0. The number of carboxylic acid groups (broad SMARTS) is 1. The summed E-state index contributed by atoms with van der Waals surface area (Å²) in [5.41, 5.74) is 3.46. The highest BCUT2D eigenvalue weighted by Crippen LogP contribution is 2.21. The zero-order chi connectivity index (χ0) is 11.7. The lowest BCUT2D eigenvalue weighted by atomic mass is 10.1. The summed E-state index contributed by atoms with van der Waals surface area (Å²) in [6.45, 7) is 3.62. The Kier molecular flexibility index (Phi) is 2.52. The van der Waals surface area contributed by atoms with Crippen LogP contribution in [-0.2, 0) is 4.79 Å². The Morgan fingerprint density at radius 3 is 2.88 bits per heavy atom. The highest BCUT2D eigenvalue weighted by Gasteiger charge is 2.04. The molecule has 0 aliphatic rings. The number of carboxylic acids is 1. The average molecular weight is 215 g/mol. The van der Waals surface area contributed by atoms with Gasteiger partial charge in [0.05, 0.1) is 0 Å². The molecule has 0 radical (unpaired) electrons. The Balaban J connectivity index is 2.55. The maximum atomic E-state index is 10.7. The van der Waals surface area contributed by atoms with Gasteiger partial charge in [0.15, 0.2) is 0 Å². The molecule has 0 aliphatic carbocycles. The van der Waals surface area contributed by atoms with Gasteiger partial charge in [-0.15, -0.1) is 0 Å². The monoisotopic (exact) mass is 215 g/mol. The van der Waals surface area contributed by atoms with Gasteiger partial charge in [0.2, 0.25) is 0 Å². The molecule has 1 heterocycles. The Hall–Kier alpha value is -2.03. The van der Waals surface area contributed by atoms with Crippen LogP contribution in [0.15, 0.2) is 30.0 Å². The number of hydrogen-bond donors (Lipinski definition) is 2. The van der Waals surface area contributed by atoms with Gasteiger partial charge in [-0.1, -0.05) is 12.1 Å². The number of aromatic nitrogens is 1. The van der Waals surface area contributed by atoms with Gasteiger partial charge in [-0.3, -0.25) is 0 Å². The van der Waals surface area contributed by atoms with E-state index in [1.807, 2.05) is 31.3 Å². The minimum absolute atomic E-state index is 0.335. The van der Waals surface area contributed by atoms with Crippen LogP contribution in [0.4, 0.5) is 0 Å². The third kappa shape index (κ3) is 1.84. The van der Waals surface area contributed by atoms with Crippen LogP contribution in [0.5, 0.6) is 0 Å². The van der Waals surface area contributed by atoms with Crippen molar-refractivity contribution in [3.63, 3.8) is 0 Å². The van der Waals surface area contributed by atoms with Gasteiger partial charge >= 0.3 is 5.97 Å². The molecule has 0 aliphatic heterocycles. The number of carbonyl (C=O) groups is 1. The molecule has 0 amide bonds. The number of H-pyrrole nitrogens is 1. The molecule has 3 nitrogen and oxygen atoms in total. The molecule has 0 atom stereocenters. The molecule has 82 valence electrons. The molecular formula is C13H13NO2. The normalized spacial score (nSPS) is 12.0. The molecule has 16 heavy (non-hydrogen) atoms. The fourth-order valence-electron chi connectivity index (χ4n) is 1.68. The molecule has 2 aromatic rings. The number of fused-ring (bicyclic) bond motifs is 1. The topological polar surface area (TPSA) is 53.1 Å². The molecule has 0 saturated carbocycles. The summed E-state index contributed by atoms with van der Waals surface area (Å²) in [4.78, 5) is 13.9. The Morgan fingerprint density at radius 1 is 1.44 bits per heavy atom. The predicted octanol–water partition coefficient (Wildman–Crippen LogP) is 2.96. The lowest BCUT2D eigenvalue weighted by Gasteiger charge is -1.95. The number of aromatic amines is 1. The lowest BCUT2D eigenvalue weighted by Crippen LogP contribution is -1.94. The zero-order valence-corrected chi connectivity index (χ0v) is 9.24. The second kappa shape index (κ2) is 3.85. The molecule has 2 rings (SSSR count). The summed E-state index contributed by atoms with van der Waals surface area (Å²) in [6, 6.07) is 6.06. The van der Waals surface area contributed by atoms with Gasteiger partial charge in [0.1, 0.15) is 0 Å². The van der Waals surface area contributed by atoms with E-state index in [1.165, 1.54) is 5.56 Å². The van der Waals surface area contributed by atoms with Crippen LogP contribution in [-0.4, -0.2) is 16.1 Å². The molecule has 0 fully saturated rings. The van der Waals surface area contributed by atoms with Crippen molar-refractivity contribution >= 4 is 22.9 Å². The van der Waals surface area contributed by atoms with Crippen LogP contribution in [0.2, 0.25) is 0 Å². The molecule has 0 saturated heterocycles. The van der Waals surface area contributed by atoms with Gasteiger partial charge in [-0.05, 0) is 31.6 Å². The van der Waals surface area contributed by atoms with Crippen molar-refractivity contribution in [1.82, 2.24) is 4.98 Å². The van der Waals surface area contributed by atoms with E-state index in [1.54, 1.807) is 13.0 Å². The van der Waals surface area contributed by atoms with Gasteiger partial charge in [-0.2, -0.15) is 0 Å². The van der Waals surface area contributed by atoms with E-state index in [4.69, 9.17) is 5.11 Å². The fraction of sp³-hybridized carbons (Fsp3) is 0.154. The standard InChI is InChI=1S/C13H13NO2/c1-8-3-4-11-10(6-9(2)13(15)16)7-14-12(11)5-8/h3-7,14H,1-2H3,(H,15,16)/b9-6+. The first-order valence-corrected chi connectivity index (χ1v) is 5.07. The summed E-state index contributed by atoms with van der Waals surface area (Å²) in [7, 11) is 0. The lowest BCUT2D eigenvalue weighted by molar-refractivity contribution is -0.132. The van der Waals surface area contributed by atoms with E-state index >= 15 is 0 Å². The number of nitrogens with one attached hydrogen (secondary N) is 1. The first-order chi connectivity index (χ1) is 7.58. The first-order valence-electron chi connectivity index (χ1n) is 5.07. The van der Waals surface area contributed by atoms with Crippen LogP contribution in [0.3, 0.4) is 0 Å². The highest BCUT2D eigenvalue weighted by atomic mass is 16.4. The fourth-order valence-corrected chi connectivity index (χ4v) is 1.68. The van der Waals surface area contributed by atoms with Crippen LogP contribution in [0.25, 0.3) is 17.0 Å². The van der Waals surface area contributed by atoms with Crippen molar-refractivity contribution in [2.75, 3.05) is 0 Å². The van der Waals surface area contributed by atoms with Crippen molar-refractivity contribution in [3.8, 4) is 0 Å². The second-order valence-corrected chi connectivity index (χ2v) is 3.93. The summed E-state index contributed by atoms with van der Waals surface area (Å²) in [5, 5.41) is 9.87. The third-order valence-electron chi connectivity index (χ3n) is 2.58. The minimum atomic E-state index is -0.888. The van der Waals surface area contributed by atoms with Crippen LogP contribution >= 0.6 is 0 Å². The Morgan fingerprint density at radius 2 is 2.19 bits per heavy atom. The molecule has 0 unspecified atom stereocenters. The van der Waals surface area contributed by atoms with Gasteiger partial charge in [0.25, 0.3) is 0 Å². The number of aliphatic carboxylic acids is 1. The number of rotatable bonds is 2. The van der Waals surface area contributed by atoms with E-state index in [9.17, 15) is 4.79 Å². The predicted molar refractivity (Wildman–Crippen MR) is 64.3 cm³/mol. The SMILES string of the molecule is C/C(=C\c1c[nH]c2cc(C)ccc12)C(=O)O. The van der Waals surface area contributed by atoms with E-state index in [0.29, 0.717) is 5.57 Å². The zero-order valence-electron chi connectivity index (χ0n) is 9.24. The van der Waals surface area contributed by atoms with Crippen molar-refractivity contribution in [3.05, 3.63) is 41.1 Å². The molecule has 2 N–H and O–H groups in total. The average Bonchev–Trinajstić information content (AvgIpc) is 2.60.